The number of hydrogen-bond donors (Lipinski definition) is 2. The van der Waals surface area contributed by atoms with Gasteiger partial charge in [0.1, 0.15) is 6.04 Å². The molecule has 1 heterocycles. The molecule has 0 fully saturated rings. The van der Waals surface area contributed by atoms with E-state index in [1.807, 2.05) is 32.2 Å². The first kappa shape index (κ1) is 13.7. The van der Waals surface area contributed by atoms with E-state index < -0.39 is 6.04 Å². The van der Waals surface area contributed by atoms with Gasteiger partial charge >= 0.3 is 0 Å². The van der Waals surface area contributed by atoms with Crippen LogP contribution < -0.4 is 10.6 Å². The Labute approximate surface area is 105 Å². The highest BCUT2D eigenvalue weighted by molar-refractivity contribution is 7.12. The van der Waals surface area contributed by atoms with Crippen molar-refractivity contribution in [3.8, 4) is 0 Å². The third-order valence-corrected chi connectivity index (χ3v) is 3.20. The fourth-order valence-electron chi connectivity index (χ4n) is 1.44. The fraction of sp³-hybridized carbons (Fsp3) is 0.500. The third kappa shape index (κ3) is 3.85. The summed E-state index contributed by atoms with van der Waals surface area (Å²) >= 11 is 1.37. The van der Waals surface area contributed by atoms with E-state index in [4.69, 9.17) is 0 Å². The van der Waals surface area contributed by atoms with Gasteiger partial charge in [0.2, 0.25) is 5.91 Å². The van der Waals surface area contributed by atoms with Gasteiger partial charge in [-0.15, -0.1) is 11.3 Å². The maximum Gasteiger partial charge on any atom is 0.262 e. The number of likely N-dealkylation sites (N-methyl/N-ethyl adjacent to an activating group) is 1. The van der Waals surface area contributed by atoms with Crippen LogP contribution in [-0.2, 0) is 4.79 Å². The summed E-state index contributed by atoms with van der Waals surface area (Å²) in [7, 11) is 0. The molecule has 17 heavy (non-hydrogen) atoms. The molecule has 1 rings (SSSR count). The van der Waals surface area contributed by atoms with Gasteiger partial charge in [-0.1, -0.05) is 19.9 Å². The molecule has 0 radical (unpaired) electrons. The van der Waals surface area contributed by atoms with E-state index >= 15 is 0 Å². The van der Waals surface area contributed by atoms with Crippen molar-refractivity contribution >= 4 is 23.2 Å². The van der Waals surface area contributed by atoms with Gasteiger partial charge in [0.05, 0.1) is 4.88 Å². The Morgan fingerprint density at radius 2 is 2.12 bits per heavy atom. The summed E-state index contributed by atoms with van der Waals surface area (Å²) in [4.78, 5) is 24.2. The lowest BCUT2D eigenvalue weighted by Crippen LogP contribution is -2.49. The van der Waals surface area contributed by atoms with E-state index in [2.05, 4.69) is 10.6 Å². The van der Waals surface area contributed by atoms with Gasteiger partial charge < -0.3 is 10.6 Å². The van der Waals surface area contributed by atoms with E-state index in [0.717, 1.165) is 0 Å². The molecule has 0 aliphatic carbocycles. The molecule has 2 amide bonds. The fourth-order valence-corrected chi connectivity index (χ4v) is 2.07. The van der Waals surface area contributed by atoms with Crippen molar-refractivity contribution in [1.82, 2.24) is 10.6 Å². The molecule has 0 saturated heterocycles. The normalized spacial score (nSPS) is 12.2. The van der Waals surface area contributed by atoms with Crippen LogP contribution >= 0.6 is 11.3 Å². The summed E-state index contributed by atoms with van der Waals surface area (Å²) in [5.41, 5.74) is 0. The second-order valence-corrected chi connectivity index (χ2v) is 5.01. The highest BCUT2D eigenvalue weighted by Crippen LogP contribution is 2.10. The lowest BCUT2D eigenvalue weighted by molar-refractivity contribution is -0.123. The van der Waals surface area contributed by atoms with Crippen LogP contribution in [0.2, 0.25) is 0 Å². The smallest absolute Gasteiger partial charge is 0.262 e. The van der Waals surface area contributed by atoms with Gasteiger partial charge in [0.15, 0.2) is 0 Å². The summed E-state index contributed by atoms with van der Waals surface area (Å²) < 4.78 is 0. The Bertz CT molecular complexity index is 374. The van der Waals surface area contributed by atoms with Crippen molar-refractivity contribution in [2.75, 3.05) is 6.54 Å². The molecule has 5 heteroatoms. The third-order valence-electron chi connectivity index (χ3n) is 2.33. The summed E-state index contributed by atoms with van der Waals surface area (Å²) in [5, 5.41) is 7.33. The lowest BCUT2D eigenvalue weighted by atomic mass is 10.0. The second-order valence-electron chi connectivity index (χ2n) is 4.07. The van der Waals surface area contributed by atoms with Crippen LogP contribution in [0.15, 0.2) is 17.5 Å². The molecule has 4 nitrogen and oxygen atoms in total. The van der Waals surface area contributed by atoms with Crippen LogP contribution in [0, 0.1) is 5.92 Å². The minimum absolute atomic E-state index is 0.0606. The van der Waals surface area contributed by atoms with Crippen LogP contribution in [0.3, 0.4) is 0 Å². The Balaban J connectivity index is 2.67. The van der Waals surface area contributed by atoms with E-state index in [-0.39, 0.29) is 17.7 Å². The number of rotatable bonds is 5. The second kappa shape index (κ2) is 6.39. The topological polar surface area (TPSA) is 58.2 Å². The molecule has 0 saturated carbocycles. The van der Waals surface area contributed by atoms with Crippen molar-refractivity contribution < 1.29 is 9.59 Å². The van der Waals surface area contributed by atoms with Crippen LogP contribution in [0.4, 0.5) is 0 Å². The molecule has 0 aliphatic rings. The highest BCUT2D eigenvalue weighted by Gasteiger charge is 2.24. The molecule has 2 N–H and O–H groups in total. The number of hydrogen-bond acceptors (Lipinski definition) is 3. The van der Waals surface area contributed by atoms with Crippen LogP contribution in [0.25, 0.3) is 0 Å². The zero-order valence-corrected chi connectivity index (χ0v) is 11.1. The summed E-state index contributed by atoms with van der Waals surface area (Å²) in [6.07, 6.45) is 0. The molecule has 0 aliphatic heterocycles. The first-order chi connectivity index (χ1) is 8.06. The molecule has 1 aromatic heterocycles. The van der Waals surface area contributed by atoms with E-state index in [1.165, 1.54) is 11.3 Å². The minimum Gasteiger partial charge on any atom is -0.355 e. The standard InChI is InChI=1S/C12H18N2O2S/c1-4-13-12(16)10(8(2)3)14-11(15)9-6-5-7-17-9/h5-8,10H,4H2,1-3H3,(H,13,16)(H,14,15). The van der Waals surface area contributed by atoms with E-state index in [0.29, 0.717) is 11.4 Å². The summed E-state index contributed by atoms with van der Waals surface area (Å²) in [5.74, 6) is -0.261. The zero-order valence-electron chi connectivity index (χ0n) is 10.3. The van der Waals surface area contributed by atoms with Crippen molar-refractivity contribution in [1.29, 1.82) is 0 Å². The molecule has 1 aromatic rings. The molecule has 94 valence electrons. The maximum absolute atomic E-state index is 11.8. The summed E-state index contributed by atoms with van der Waals surface area (Å²) in [6.45, 7) is 6.25. The number of carbonyl (C=O) groups is 2. The van der Waals surface area contributed by atoms with Crippen LogP contribution in [-0.4, -0.2) is 24.4 Å². The van der Waals surface area contributed by atoms with Gasteiger partial charge in [-0.25, -0.2) is 0 Å². The van der Waals surface area contributed by atoms with Gasteiger partial charge in [-0.2, -0.15) is 0 Å². The average molecular weight is 254 g/mol. The number of nitrogens with one attached hydrogen (secondary N) is 2. The molecule has 0 aromatic carbocycles. The molecular formula is C12H18N2O2S. The van der Waals surface area contributed by atoms with Gasteiger partial charge in [0, 0.05) is 6.54 Å². The Kier molecular flexibility index (Phi) is 5.15. The van der Waals surface area contributed by atoms with Crippen molar-refractivity contribution in [2.24, 2.45) is 5.92 Å². The first-order valence-electron chi connectivity index (χ1n) is 5.68. The Morgan fingerprint density at radius 1 is 1.41 bits per heavy atom. The molecule has 0 bridgehead atoms. The first-order valence-corrected chi connectivity index (χ1v) is 6.56. The monoisotopic (exact) mass is 254 g/mol. The van der Waals surface area contributed by atoms with Crippen molar-refractivity contribution in [3.63, 3.8) is 0 Å². The maximum atomic E-state index is 11.8. The SMILES string of the molecule is CCNC(=O)C(NC(=O)c1cccs1)C(C)C. The Morgan fingerprint density at radius 3 is 2.59 bits per heavy atom. The number of amides is 2. The molecule has 0 spiro atoms. The van der Waals surface area contributed by atoms with Crippen LogP contribution in [0.1, 0.15) is 30.4 Å². The average Bonchev–Trinajstić information content (AvgIpc) is 2.78. The minimum atomic E-state index is -0.482. The highest BCUT2D eigenvalue weighted by atomic mass is 32.1. The Hall–Kier alpha value is -1.36. The van der Waals surface area contributed by atoms with Gasteiger partial charge in [-0.05, 0) is 24.3 Å². The predicted octanol–water partition coefficient (Wildman–Crippen LogP) is 1.64. The number of carbonyl (C=O) groups excluding carboxylic acids is 2. The van der Waals surface area contributed by atoms with E-state index in [9.17, 15) is 9.59 Å². The summed E-state index contributed by atoms with van der Waals surface area (Å²) in [6, 6.07) is 3.08. The zero-order chi connectivity index (χ0) is 12.8. The molecule has 1 atom stereocenters. The lowest BCUT2D eigenvalue weighted by Gasteiger charge is -2.20. The van der Waals surface area contributed by atoms with Gasteiger partial charge in [0.25, 0.3) is 5.91 Å². The van der Waals surface area contributed by atoms with Crippen molar-refractivity contribution in [2.45, 2.75) is 26.8 Å². The molecular weight excluding hydrogens is 236 g/mol. The molecule has 1 unspecified atom stereocenters. The van der Waals surface area contributed by atoms with Crippen LogP contribution in [0.5, 0.6) is 0 Å². The number of thiophene rings is 1. The van der Waals surface area contributed by atoms with Crippen molar-refractivity contribution in [3.05, 3.63) is 22.4 Å². The van der Waals surface area contributed by atoms with E-state index in [1.54, 1.807) is 6.07 Å². The predicted molar refractivity (Wildman–Crippen MR) is 69.1 cm³/mol. The van der Waals surface area contributed by atoms with Gasteiger partial charge in [-0.3, -0.25) is 9.59 Å². The largest absolute Gasteiger partial charge is 0.355 e. The quantitative estimate of drug-likeness (QED) is 0.839.